The zero-order valence-corrected chi connectivity index (χ0v) is 22.2. The maximum absolute atomic E-state index is 5.68. The van der Waals surface area contributed by atoms with Crippen LogP contribution in [0.25, 0.3) is 33.5 Å². The Bertz CT molecular complexity index is 1360. The van der Waals surface area contributed by atoms with E-state index in [0.717, 1.165) is 92.2 Å². The van der Waals surface area contributed by atoms with Crippen LogP contribution in [0, 0.1) is 0 Å². The van der Waals surface area contributed by atoms with E-state index < -0.39 is 0 Å². The lowest BCUT2D eigenvalue weighted by Gasteiger charge is -2.31. The first-order valence-electron chi connectivity index (χ1n) is 13.6. The van der Waals surface area contributed by atoms with Gasteiger partial charge in [0.2, 0.25) is 0 Å². The Labute approximate surface area is 218 Å². The van der Waals surface area contributed by atoms with Crippen LogP contribution in [0.2, 0.25) is 0 Å². The molecule has 1 N–H and O–H groups in total. The summed E-state index contributed by atoms with van der Waals surface area (Å²) in [6.07, 6.45) is 11.4. The Hall–Kier alpha value is -3.07. The van der Waals surface area contributed by atoms with E-state index in [2.05, 4.69) is 64.9 Å². The Balaban J connectivity index is 1.30. The molecule has 0 saturated carbocycles. The molecular formula is C29H37N7O. The third-order valence-electron chi connectivity index (χ3n) is 7.97. The summed E-state index contributed by atoms with van der Waals surface area (Å²) in [7, 11) is 4.24. The Morgan fingerprint density at radius 1 is 1.11 bits per heavy atom. The highest BCUT2D eigenvalue weighted by Crippen LogP contribution is 2.33. The van der Waals surface area contributed by atoms with E-state index in [4.69, 9.17) is 19.8 Å². The number of nitrogens with zero attached hydrogens (tertiary/aromatic N) is 6. The van der Waals surface area contributed by atoms with Crippen molar-refractivity contribution in [3.63, 3.8) is 0 Å². The van der Waals surface area contributed by atoms with Crippen LogP contribution < -0.4 is 0 Å². The molecule has 2 aliphatic rings. The number of hydrogen-bond acceptors (Lipinski definition) is 6. The molecule has 0 bridgehead atoms. The number of nitrogens with one attached hydrogen (secondary N) is 1. The minimum atomic E-state index is 0.460. The molecule has 4 aromatic rings. The smallest absolute Gasteiger partial charge is 0.156 e. The maximum Gasteiger partial charge on any atom is 0.156 e. The van der Waals surface area contributed by atoms with Crippen molar-refractivity contribution >= 4 is 11.2 Å². The molecule has 6 rings (SSSR count). The van der Waals surface area contributed by atoms with Gasteiger partial charge in [0.05, 0.1) is 30.7 Å². The number of likely N-dealkylation sites (tertiary alicyclic amines) is 1. The number of aromatic amines is 1. The Morgan fingerprint density at radius 3 is 2.73 bits per heavy atom. The largest absolute Gasteiger partial charge is 0.381 e. The lowest BCUT2D eigenvalue weighted by Crippen LogP contribution is -2.34. The fourth-order valence-electron chi connectivity index (χ4n) is 5.85. The topological polar surface area (TPSA) is 75.1 Å². The Morgan fingerprint density at radius 2 is 1.97 bits per heavy atom. The molecule has 0 aliphatic carbocycles. The number of hydrogen-bond donors (Lipinski definition) is 1. The van der Waals surface area contributed by atoms with Gasteiger partial charge in [-0.3, -0.25) is 4.68 Å². The second-order valence-corrected chi connectivity index (χ2v) is 10.7. The molecule has 0 amide bonds. The van der Waals surface area contributed by atoms with Gasteiger partial charge in [-0.2, -0.15) is 5.10 Å². The number of benzene rings is 1. The number of ether oxygens (including phenoxy) is 1. The minimum Gasteiger partial charge on any atom is -0.381 e. The van der Waals surface area contributed by atoms with E-state index >= 15 is 0 Å². The van der Waals surface area contributed by atoms with Gasteiger partial charge in [-0.15, -0.1) is 0 Å². The average Bonchev–Trinajstić information content (AvgIpc) is 3.69. The summed E-state index contributed by atoms with van der Waals surface area (Å²) in [5.41, 5.74) is 8.54. The highest BCUT2D eigenvalue weighted by molar-refractivity contribution is 5.91. The SMILES string of the molecule is CCN1CCC(n2cc(-c3c[nH]c4ncc(-c5ccc(C6CCOC6)c(CN(C)C)c5)nc34)cn2)CC1. The van der Waals surface area contributed by atoms with Crippen molar-refractivity contribution in [2.24, 2.45) is 0 Å². The molecular weight excluding hydrogens is 462 g/mol. The van der Waals surface area contributed by atoms with Crippen LogP contribution in [-0.4, -0.2) is 81.5 Å². The van der Waals surface area contributed by atoms with E-state index in [0.29, 0.717) is 12.0 Å². The van der Waals surface area contributed by atoms with Gasteiger partial charge in [-0.05, 0) is 57.1 Å². The van der Waals surface area contributed by atoms with Gasteiger partial charge in [0, 0.05) is 61.2 Å². The number of H-pyrrole nitrogens is 1. The molecule has 1 aromatic carbocycles. The molecule has 8 heteroatoms. The molecule has 2 fully saturated rings. The normalized spacial score (nSPS) is 19.4. The summed E-state index contributed by atoms with van der Waals surface area (Å²) in [5, 5.41) is 4.74. The van der Waals surface area contributed by atoms with E-state index in [1.165, 1.54) is 11.1 Å². The van der Waals surface area contributed by atoms with Crippen LogP contribution in [-0.2, 0) is 11.3 Å². The average molecular weight is 500 g/mol. The fraction of sp³-hybridized carbons (Fsp3) is 0.483. The van der Waals surface area contributed by atoms with Gasteiger partial charge in [-0.25, -0.2) is 9.97 Å². The second kappa shape index (κ2) is 10.4. The van der Waals surface area contributed by atoms with Crippen LogP contribution in [0.15, 0.2) is 43.0 Å². The number of aromatic nitrogens is 5. The molecule has 5 heterocycles. The van der Waals surface area contributed by atoms with Crippen molar-refractivity contribution in [2.45, 2.75) is 44.7 Å². The van der Waals surface area contributed by atoms with Gasteiger partial charge in [0.1, 0.15) is 5.52 Å². The molecule has 0 spiro atoms. The second-order valence-electron chi connectivity index (χ2n) is 10.7. The van der Waals surface area contributed by atoms with Crippen molar-refractivity contribution in [3.8, 4) is 22.4 Å². The van der Waals surface area contributed by atoms with E-state index in [9.17, 15) is 0 Å². The van der Waals surface area contributed by atoms with Gasteiger partial charge < -0.3 is 19.5 Å². The fourth-order valence-corrected chi connectivity index (χ4v) is 5.85. The molecule has 1 unspecified atom stereocenters. The first-order valence-corrected chi connectivity index (χ1v) is 13.6. The van der Waals surface area contributed by atoms with Gasteiger partial charge in [0.15, 0.2) is 5.65 Å². The van der Waals surface area contributed by atoms with E-state index in [1.54, 1.807) is 0 Å². The quantitative estimate of drug-likeness (QED) is 0.397. The van der Waals surface area contributed by atoms with Crippen molar-refractivity contribution in [3.05, 3.63) is 54.1 Å². The predicted molar refractivity (Wildman–Crippen MR) is 146 cm³/mol. The third kappa shape index (κ3) is 4.93. The molecule has 0 radical (unpaired) electrons. The van der Waals surface area contributed by atoms with Crippen molar-refractivity contribution in [1.29, 1.82) is 0 Å². The summed E-state index contributed by atoms with van der Waals surface area (Å²) in [6, 6.07) is 7.21. The highest BCUT2D eigenvalue weighted by Gasteiger charge is 2.23. The molecule has 8 nitrogen and oxygen atoms in total. The zero-order chi connectivity index (χ0) is 25.4. The maximum atomic E-state index is 5.68. The molecule has 194 valence electrons. The first-order chi connectivity index (χ1) is 18.1. The molecule has 3 aromatic heterocycles. The lowest BCUT2D eigenvalue weighted by atomic mass is 9.91. The van der Waals surface area contributed by atoms with Gasteiger partial charge >= 0.3 is 0 Å². The number of piperidine rings is 1. The van der Waals surface area contributed by atoms with Gasteiger partial charge in [-0.1, -0.05) is 19.1 Å². The summed E-state index contributed by atoms with van der Waals surface area (Å²) in [5.74, 6) is 0.472. The van der Waals surface area contributed by atoms with Crippen molar-refractivity contribution in [2.75, 3.05) is 46.9 Å². The minimum absolute atomic E-state index is 0.460. The van der Waals surface area contributed by atoms with Crippen LogP contribution in [0.3, 0.4) is 0 Å². The Kier molecular flexibility index (Phi) is 6.80. The molecule has 2 saturated heterocycles. The highest BCUT2D eigenvalue weighted by atomic mass is 16.5. The van der Waals surface area contributed by atoms with Gasteiger partial charge in [0.25, 0.3) is 0 Å². The summed E-state index contributed by atoms with van der Waals surface area (Å²) < 4.78 is 7.83. The predicted octanol–water partition coefficient (Wildman–Crippen LogP) is 4.71. The summed E-state index contributed by atoms with van der Waals surface area (Å²) >= 11 is 0. The molecule has 1 atom stereocenters. The van der Waals surface area contributed by atoms with Crippen LogP contribution >= 0.6 is 0 Å². The van der Waals surface area contributed by atoms with E-state index in [-0.39, 0.29) is 0 Å². The number of rotatable bonds is 7. The zero-order valence-electron chi connectivity index (χ0n) is 22.2. The number of fused-ring (bicyclic) bond motifs is 1. The first kappa shape index (κ1) is 24.3. The lowest BCUT2D eigenvalue weighted by molar-refractivity contribution is 0.187. The third-order valence-corrected chi connectivity index (χ3v) is 7.97. The van der Waals surface area contributed by atoms with Crippen LogP contribution in [0.5, 0.6) is 0 Å². The van der Waals surface area contributed by atoms with Crippen molar-refractivity contribution in [1.82, 2.24) is 34.5 Å². The van der Waals surface area contributed by atoms with Crippen molar-refractivity contribution < 1.29 is 4.74 Å². The molecule has 37 heavy (non-hydrogen) atoms. The van der Waals surface area contributed by atoms with Crippen LogP contribution in [0.4, 0.5) is 0 Å². The summed E-state index contributed by atoms with van der Waals surface area (Å²) in [6.45, 7) is 8.19. The summed E-state index contributed by atoms with van der Waals surface area (Å²) in [4.78, 5) is 17.9. The standard InChI is InChI=1S/C29H37N7O/c1-4-35-10-7-24(8-11-35)36-18-23(14-32-36)26-15-30-29-28(26)33-27(16-31-29)20-5-6-25(21-9-12-37-19-21)22(13-20)17-34(2)3/h5-6,13-16,18,21,24H,4,7-12,17,19H2,1-3H3,(H,30,31). The molecule has 2 aliphatic heterocycles. The monoisotopic (exact) mass is 499 g/mol. The van der Waals surface area contributed by atoms with Crippen LogP contribution in [0.1, 0.15) is 49.3 Å². The van der Waals surface area contributed by atoms with E-state index in [1.807, 2.05) is 18.6 Å².